The van der Waals surface area contributed by atoms with E-state index in [1.165, 1.54) is 51.4 Å². The average molecular weight is 333 g/mol. The lowest BCUT2D eigenvalue weighted by atomic mass is 9.84. The molecule has 134 valence electrons. The molecule has 7 unspecified atom stereocenters. The second kappa shape index (κ2) is 6.68. The smallest absolute Gasteiger partial charge is 0.306 e. The molecule has 4 rings (SSSR count). The Morgan fingerprint density at radius 2 is 1.71 bits per heavy atom. The van der Waals surface area contributed by atoms with Gasteiger partial charge in [-0.25, -0.2) is 0 Å². The lowest BCUT2D eigenvalue weighted by Gasteiger charge is -2.28. The molecular formula is C20H31NO3. The summed E-state index contributed by atoms with van der Waals surface area (Å²) in [6.07, 6.45) is 10.9. The fourth-order valence-electron chi connectivity index (χ4n) is 6.35. The lowest BCUT2D eigenvalue weighted by Crippen LogP contribution is -2.42. The van der Waals surface area contributed by atoms with Crippen molar-refractivity contribution in [1.82, 2.24) is 5.32 Å². The monoisotopic (exact) mass is 333 g/mol. The zero-order valence-electron chi connectivity index (χ0n) is 14.8. The first-order chi connectivity index (χ1) is 11.6. The first-order valence-corrected chi connectivity index (χ1v) is 10.0. The van der Waals surface area contributed by atoms with Crippen LogP contribution in [0.3, 0.4) is 0 Å². The fourth-order valence-corrected chi connectivity index (χ4v) is 6.35. The van der Waals surface area contributed by atoms with Crippen LogP contribution in [0.5, 0.6) is 0 Å². The number of esters is 1. The number of hydrogen-bond donors (Lipinski definition) is 1. The molecule has 4 saturated carbocycles. The zero-order valence-corrected chi connectivity index (χ0v) is 14.8. The van der Waals surface area contributed by atoms with Crippen molar-refractivity contribution in [3.8, 4) is 0 Å². The van der Waals surface area contributed by atoms with Crippen molar-refractivity contribution >= 4 is 11.9 Å². The standard InChI is InChI=1S/C20H31NO3/c1-12(18-9-14-3-5-16(18)7-14)21-19(22)11-24-20(23)10-17-8-13-2-4-15(17)6-13/h12-18H,2-11H2,1H3,(H,21,22). The van der Waals surface area contributed by atoms with Crippen LogP contribution in [0.25, 0.3) is 0 Å². The van der Waals surface area contributed by atoms with Crippen LogP contribution in [-0.4, -0.2) is 24.5 Å². The summed E-state index contributed by atoms with van der Waals surface area (Å²) in [5.41, 5.74) is 0. The van der Waals surface area contributed by atoms with E-state index in [4.69, 9.17) is 4.74 Å². The topological polar surface area (TPSA) is 55.4 Å². The molecule has 0 spiro atoms. The molecule has 4 bridgehead atoms. The highest BCUT2D eigenvalue weighted by Crippen LogP contribution is 2.50. The molecule has 1 N–H and O–H groups in total. The summed E-state index contributed by atoms with van der Waals surface area (Å²) in [5.74, 6) is 4.07. The third kappa shape index (κ3) is 3.34. The molecule has 0 aromatic heterocycles. The maximum atomic E-state index is 12.1. The second-order valence-corrected chi connectivity index (χ2v) is 8.99. The molecule has 7 atom stereocenters. The Kier molecular flexibility index (Phi) is 4.57. The lowest BCUT2D eigenvalue weighted by molar-refractivity contribution is -0.150. The minimum absolute atomic E-state index is 0.106. The van der Waals surface area contributed by atoms with Crippen molar-refractivity contribution in [2.75, 3.05) is 6.61 Å². The minimum Gasteiger partial charge on any atom is -0.456 e. The Hall–Kier alpha value is -1.06. The van der Waals surface area contributed by atoms with Gasteiger partial charge in [0, 0.05) is 12.5 Å². The highest BCUT2D eigenvalue weighted by atomic mass is 16.5. The number of amides is 1. The van der Waals surface area contributed by atoms with Gasteiger partial charge in [0.05, 0.1) is 0 Å². The number of fused-ring (bicyclic) bond motifs is 4. The van der Waals surface area contributed by atoms with Gasteiger partial charge in [-0.1, -0.05) is 12.8 Å². The number of carbonyl (C=O) groups excluding carboxylic acids is 2. The molecule has 0 aromatic carbocycles. The SMILES string of the molecule is CC(NC(=O)COC(=O)CC1CC2CCC1C2)C1CC2CCC1C2. The molecule has 0 saturated heterocycles. The maximum absolute atomic E-state index is 12.1. The van der Waals surface area contributed by atoms with Crippen LogP contribution in [0.15, 0.2) is 0 Å². The van der Waals surface area contributed by atoms with Crippen molar-refractivity contribution < 1.29 is 14.3 Å². The second-order valence-electron chi connectivity index (χ2n) is 8.99. The first-order valence-electron chi connectivity index (χ1n) is 10.0. The molecule has 24 heavy (non-hydrogen) atoms. The van der Waals surface area contributed by atoms with E-state index in [1.807, 2.05) is 0 Å². The van der Waals surface area contributed by atoms with E-state index in [1.54, 1.807) is 0 Å². The molecule has 4 heteroatoms. The summed E-state index contributed by atoms with van der Waals surface area (Å²) >= 11 is 0. The van der Waals surface area contributed by atoms with Crippen LogP contribution in [0.1, 0.15) is 64.7 Å². The predicted molar refractivity (Wildman–Crippen MR) is 91.1 cm³/mol. The van der Waals surface area contributed by atoms with E-state index in [0.717, 1.165) is 23.7 Å². The van der Waals surface area contributed by atoms with E-state index in [0.29, 0.717) is 18.3 Å². The zero-order chi connectivity index (χ0) is 16.7. The molecule has 4 aliphatic carbocycles. The van der Waals surface area contributed by atoms with Gasteiger partial charge in [-0.2, -0.15) is 0 Å². The van der Waals surface area contributed by atoms with Crippen molar-refractivity contribution in [2.45, 2.75) is 70.8 Å². The van der Waals surface area contributed by atoms with Gasteiger partial charge < -0.3 is 10.1 Å². The van der Waals surface area contributed by atoms with Gasteiger partial charge in [-0.3, -0.25) is 9.59 Å². The van der Waals surface area contributed by atoms with Gasteiger partial charge in [0.25, 0.3) is 5.91 Å². The quantitative estimate of drug-likeness (QED) is 0.759. The maximum Gasteiger partial charge on any atom is 0.306 e. The summed E-state index contributed by atoms with van der Waals surface area (Å²) in [4.78, 5) is 24.1. The molecule has 0 heterocycles. The van der Waals surface area contributed by atoms with Crippen molar-refractivity contribution in [3.63, 3.8) is 0 Å². The predicted octanol–water partition coefficient (Wildman–Crippen LogP) is 3.30. The fraction of sp³-hybridized carbons (Fsp3) is 0.900. The minimum atomic E-state index is -0.185. The van der Waals surface area contributed by atoms with Gasteiger partial charge in [-0.15, -0.1) is 0 Å². The van der Waals surface area contributed by atoms with E-state index in [2.05, 4.69) is 12.2 Å². The van der Waals surface area contributed by atoms with Crippen molar-refractivity contribution in [3.05, 3.63) is 0 Å². The van der Waals surface area contributed by atoms with Crippen molar-refractivity contribution in [1.29, 1.82) is 0 Å². The number of hydrogen-bond acceptors (Lipinski definition) is 3. The molecular weight excluding hydrogens is 302 g/mol. The average Bonchev–Trinajstić information content (AvgIpc) is 3.33. The highest BCUT2D eigenvalue weighted by Gasteiger charge is 2.42. The number of rotatable bonds is 6. The summed E-state index contributed by atoms with van der Waals surface area (Å²) in [6, 6.07) is 0.206. The highest BCUT2D eigenvalue weighted by molar-refractivity contribution is 5.80. The number of carbonyl (C=O) groups is 2. The molecule has 0 aromatic rings. The number of ether oxygens (including phenoxy) is 1. The summed E-state index contributed by atoms with van der Waals surface area (Å²) in [5, 5.41) is 3.07. The summed E-state index contributed by atoms with van der Waals surface area (Å²) < 4.78 is 5.25. The van der Waals surface area contributed by atoms with Gasteiger partial charge in [-0.05, 0) is 81.0 Å². The molecule has 4 aliphatic rings. The van der Waals surface area contributed by atoms with Gasteiger partial charge in [0.2, 0.25) is 0 Å². The third-order valence-electron chi connectivity index (χ3n) is 7.50. The molecule has 4 fully saturated rings. The van der Waals surface area contributed by atoms with Crippen LogP contribution in [0.4, 0.5) is 0 Å². The van der Waals surface area contributed by atoms with Crippen LogP contribution in [0, 0.1) is 35.5 Å². The molecule has 1 amide bonds. The van der Waals surface area contributed by atoms with E-state index >= 15 is 0 Å². The molecule has 4 nitrogen and oxygen atoms in total. The largest absolute Gasteiger partial charge is 0.456 e. The molecule has 0 radical (unpaired) electrons. The Morgan fingerprint density at radius 3 is 2.29 bits per heavy atom. The Labute approximate surface area is 145 Å². The molecule has 0 aliphatic heterocycles. The van der Waals surface area contributed by atoms with E-state index < -0.39 is 0 Å². The third-order valence-corrected chi connectivity index (χ3v) is 7.50. The van der Waals surface area contributed by atoms with Crippen LogP contribution < -0.4 is 5.32 Å². The van der Waals surface area contributed by atoms with Gasteiger partial charge in [0.15, 0.2) is 6.61 Å². The van der Waals surface area contributed by atoms with Gasteiger partial charge in [0.1, 0.15) is 0 Å². The number of nitrogens with one attached hydrogen (secondary N) is 1. The van der Waals surface area contributed by atoms with Crippen molar-refractivity contribution in [2.24, 2.45) is 35.5 Å². The Morgan fingerprint density at radius 1 is 1.00 bits per heavy atom. The summed E-state index contributed by atoms with van der Waals surface area (Å²) in [7, 11) is 0. The van der Waals surface area contributed by atoms with Crippen LogP contribution >= 0.6 is 0 Å². The van der Waals surface area contributed by atoms with E-state index in [-0.39, 0.29) is 24.5 Å². The van der Waals surface area contributed by atoms with E-state index in [9.17, 15) is 9.59 Å². The normalized spacial score (nSPS) is 40.7. The Bertz CT molecular complexity index is 505. The van der Waals surface area contributed by atoms with Crippen LogP contribution in [0.2, 0.25) is 0 Å². The summed E-state index contributed by atoms with van der Waals surface area (Å²) in [6.45, 7) is 2.01. The van der Waals surface area contributed by atoms with Gasteiger partial charge >= 0.3 is 5.97 Å². The Balaban J connectivity index is 1.16. The first kappa shape index (κ1) is 16.4. The van der Waals surface area contributed by atoms with Crippen LogP contribution in [-0.2, 0) is 14.3 Å².